The highest BCUT2D eigenvalue weighted by molar-refractivity contribution is 5.74. The van der Waals surface area contributed by atoms with Gasteiger partial charge in [0.25, 0.3) is 0 Å². The van der Waals surface area contributed by atoms with E-state index in [0.29, 0.717) is 24.2 Å². The molecule has 28 heavy (non-hydrogen) atoms. The topological polar surface area (TPSA) is 87.4 Å². The van der Waals surface area contributed by atoms with Crippen LogP contribution in [-0.4, -0.2) is 57.1 Å². The van der Waals surface area contributed by atoms with Crippen LogP contribution < -0.4 is 5.32 Å². The Labute approximate surface area is 166 Å². The zero-order chi connectivity index (χ0) is 19.9. The van der Waals surface area contributed by atoms with Crippen molar-refractivity contribution in [3.8, 4) is 0 Å². The molecule has 8 heteroatoms. The van der Waals surface area contributed by atoms with Gasteiger partial charge in [0.15, 0.2) is 5.82 Å². The molecule has 0 saturated carbocycles. The van der Waals surface area contributed by atoms with Gasteiger partial charge in [-0.3, -0.25) is 9.88 Å². The summed E-state index contributed by atoms with van der Waals surface area (Å²) in [5, 5.41) is 7.11. The second kappa shape index (κ2) is 9.64. The molecule has 152 valence electrons. The number of aromatic nitrogens is 3. The quantitative estimate of drug-likeness (QED) is 0.787. The molecule has 2 aromatic heterocycles. The summed E-state index contributed by atoms with van der Waals surface area (Å²) < 4.78 is 5.26. The van der Waals surface area contributed by atoms with Crippen molar-refractivity contribution >= 4 is 6.03 Å². The van der Waals surface area contributed by atoms with Crippen molar-refractivity contribution < 1.29 is 9.32 Å². The lowest BCUT2D eigenvalue weighted by molar-refractivity contribution is 0.164. The SMILES string of the molecule is CC(C)Cc1noc(CN(C)C(=O)N[C@@H]2CCCN(Cc3cccnc3)C2)n1. The van der Waals surface area contributed by atoms with E-state index in [1.807, 2.05) is 12.3 Å². The Morgan fingerprint density at radius 1 is 1.46 bits per heavy atom. The molecule has 0 aliphatic carbocycles. The molecular weight excluding hydrogens is 356 g/mol. The van der Waals surface area contributed by atoms with E-state index < -0.39 is 0 Å². The number of carbonyl (C=O) groups excluding carboxylic acids is 1. The van der Waals surface area contributed by atoms with Crippen molar-refractivity contribution in [3.05, 3.63) is 41.8 Å². The summed E-state index contributed by atoms with van der Waals surface area (Å²) in [5.41, 5.74) is 1.19. The minimum atomic E-state index is -0.114. The van der Waals surface area contributed by atoms with Gasteiger partial charge in [-0.05, 0) is 36.9 Å². The highest BCUT2D eigenvalue weighted by Gasteiger charge is 2.23. The maximum absolute atomic E-state index is 12.6. The molecule has 0 unspecified atom stereocenters. The maximum Gasteiger partial charge on any atom is 0.317 e. The first kappa shape index (κ1) is 20.3. The van der Waals surface area contributed by atoms with E-state index >= 15 is 0 Å². The third kappa shape index (κ3) is 6.02. The number of hydrogen-bond acceptors (Lipinski definition) is 6. The minimum absolute atomic E-state index is 0.114. The number of nitrogens with zero attached hydrogens (tertiary/aromatic N) is 5. The molecule has 3 rings (SSSR count). The van der Waals surface area contributed by atoms with Crippen LogP contribution in [0.1, 0.15) is 44.0 Å². The van der Waals surface area contributed by atoms with E-state index in [1.54, 1.807) is 18.1 Å². The van der Waals surface area contributed by atoms with E-state index in [4.69, 9.17) is 4.52 Å². The van der Waals surface area contributed by atoms with Crippen LogP contribution in [0.4, 0.5) is 4.79 Å². The molecule has 1 aliphatic rings. The summed E-state index contributed by atoms with van der Waals surface area (Å²) in [6.45, 7) is 7.26. The zero-order valence-corrected chi connectivity index (χ0v) is 17.0. The molecule has 1 saturated heterocycles. The zero-order valence-electron chi connectivity index (χ0n) is 17.0. The third-order valence-corrected chi connectivity index (χ3v) is 4.78. The monoisotopic (exact) mass is 386 g/mol. The van der Waals surface area contributed by atoms with Gasteiger partial charge >= 0.3 is 6.03 Å². The summed E-state index contributed by atoms with van der Waals surface area (Å²) in [5.74, 6) is 1.62. The largest absolute Gasteiger partial charge is 0.337 e. The second-order valence-electron chi connectivity index (χ2n) is 7.94. The summed E-state index contributed by atoms with van der Waals surface area (Å²) in [7, 11) is 1.75. The van der Waals surface area contributed by atoms with Crippen LogP contribution in [0, 0.1) is 5.92 Å². The molecule has 8 nitrogen and oxygen atoms in total. The molecular formula is C20H30N6O2. The van der Waals surface area contributed by atoms with Gasteiger partial charge in [0.05, 0.1) is 0 Å². The van der Waals surface area contributed by atoms with Gasteiger partial charge in [-0.15, -0.1) is 0 Å². The van der Waals surface area contributed by atoms with E-state index in [1.165, 1.54) is 5.56 Å². The van der Waals surface area contributed by atoms with E-state index in [0.717, 1.165) is 38.9 Å². The normalized spacial score (nSPS) is 17.6. The van der Waals surface area contributed by atoms with Gasteiger partial charge in [0.2, 0.25) is 5.89 Å². The van der Waals surface area contributed by atoms with Crippen molar-refractivity contribution in [3.63, 3.8) is 0 Å². The number of rotatable bonds is 7. The van der Waals surface area contributed by atoms with Crippen molar-refractivity contribution in [1.29, 1.82) is 0 Å². The predicted molar refractivity (Wildman–Crippen MR) is 105 cm³/mol. The standard InChI is InChI=1S/C20H30N6O2/c1-15(2)10-18-23-19(28-24-18)14-25(3)20(27)22-17-7-5-9-26(13-17)12-16-6-4-8-21-11-16/h4,6,8,11,15,17H,5,7,9-10,12-14H2,1-3H3,(H,22,27)/t17-/m1/s1. The Morgan fingerprint density at radius 3 is 3.07 bits per heavy atom. The fraction of sp³-hybridized carbons (Fsp3) is 0.600. The van der Waals surface area contributed by atoms with Crippen LogP contribution in [0.5, 0.6) is 0 Å². The van der Waals surface area contributed by atoms with Crippen molar-refractivity contribution in [2.24, 2.45) is 5.92 Å². The van der Waals surface area contributed by atoms with Crippen molar-refractivity contribution in [1.82, 2.24) is 30.2 Å². The number of likely N-dealkylation sites (tertiary alicyclic amines) is 1. The number of hydrogen-bond donors (Lipinski definition) is 1. The fourth-order valence-corrected chi connectivity index (χ4v) is 3.43. The summed E-state index contributed by atoms with van der Waals surface area (Å²) >= 11 is 0. The molecule has 1 N–H and O–H groups in total. The van der Waals surface area contributed by atoms with Gasteiger partial charge in [-0.1, -0.05) is 25.1 Å². The Balaban J connectivity index is 1.47. The number of piperidine rings is 1. The molecule has 3 heterocycles. The van der Waals surface area contributed by atoms with Crippen molar-refractivity contribution in [2.75, 3.05) is 20.1 Å². The van der Waals surface area contributed by atoms with Gasteiger partial charge < -0.3 is 14.7 Å². The molecule has 0 radical (unpaired) electrons. The van der Waals surface area contributed by atoms with Crippen molar-refractivity contribution in [2.45, 2.75) is 52.2 Å². The lowest BCUT2D eigenvalue weighted by Gasteiger charge is -2.33. The highest BCUT2D eigenvalue weighted by atomic mass is 16.5. The van der Waals surface area contributed by atoms with E-state index in [9.17, 15) is 4.79 Å². The molecule has 2 amide bonds. The lowest BCUT2D eigenvalue weighted by Crippen LogP contribution is -2.50. The predicted octanol–water partition coefficient (Wildman–Crippen LogP) is 2.47. The first-order valence-corrected chi connectivity index (χ1v) is 9.94. The molecule has 1 aliphatic heterocycles. The number of carbonyl (C=O) groups is 1. The van der Waals surface area contributed by atoms with Gasteiger partial charge in [0, 0.05) is 45.0 Å². The smallest absolute Gasteiger partial charge is 0.317 e. The van der Waals surface area contributed by atoms with Gasteiger partial charge in [-0.25, -0.2) is 4.79 Å². The van der Waals surface area contributed by atoms with Gasteiger partial charge in [0.1, 0.15) is 6.54 Å². The molecule has 1 fully saturated rings. The Morgan fingerprint density at radius 2 is 2.32 bits per heavy atom. The number of pyridine rings is 1. The Hall–Kier alpha value is -2.48. The Bertz CT molecular complexity index is 748. The lowest BCUT2D eigenvalue weighted by atomic mass is 10.1. The second-order valence-corrected chi connectivity index (χ2v) is 7.94. The number of amides is 2. The summed E-state index contributed by atoms with van der Waals surface area (Å²) in [6.07, 6.45) is 6.51. The Kier molecular flexibility index (Phi) is 6.97. The van der Waals surface area contributed by atoms with Crippen LogP contribution in [0.3, 0.4) is 0 Å². The first-order chi connectivity index (χ1) is 13.5. The summed E-state index contributed by atoms with van der Waals surface area (Å²) in [4.78, 5) is 25.1. The third-order valence-electron chi connectivity index (χ3n) is 4.78. The van der Waals surface area contributed by atoms with Crippen LogP contribution in [-0.2, 0) is 19.5 Å². The number of urea groups is 1. The maximum atomic E-state index is 12.6. The molecule has 1 atom stereocenters. The van der Waals surface area contributed by atoms with Crippen LogP contribution in [0.2, 0.25) is 0 Å². The first-order valence-electron chi connectivity index (χ1n) is 9.94. The number of nitrogens with one attached hydrogen (secondary N) is 1. The fourth-order valence-electron chi connectivity index (χ4n) is 3.43. The molecule has 0 bridgehead atoms. The average molecular weight is 387 g/mol. The van der Waals surface area contributed by atoms with Crippen LogP contribution in [0.15, 0.2) is 29.0 Å². The highest BCUT2D eigenvalue weighted by Crippen LogP contribution is 2.14. The van der Waals surface area contributed by atoms with Crippen LogP contribution >= 0.6 is 0 Å². The van der Waals surface area contributed by atoms with Gasteiger partial charge in [-0.2, -0.15) is 4.98 Å². The molecule has 0 spiro atoms. The molecule has 0 aromatic carbocycles. The van der Waals surface area contributed by atoms with E-state index in [-0.39, 0.29) is 12.1 Å². The molecule has 2 aromatic rings. The van der Waals surface area contributed by atoms with Crippen LogP contribution in [0.25, 0.3) is 0 Å². The minimum Gasteiger partial charge on any atom is -0.337 e. The van der Waals surface area contributed by atoms with E-state index in [2.05, 4.69) is 45.3 Å². The summed E-state index contributed by atoms with van der Waals surface area (Å²) in [6, 6.07) is 4.06. The average Bonchev–Trinajstić information content (AvgIpc) is 3.09.